The van der Waals surface area contributed by atoms with Crippen LogP contribution in [0.5, 0.6) is 0 Å². The zero-order valence-electron chi connectivity index (χ0n) is 18.0. The number of nitrogens with two attached hydrogens (primary N) is 1. The number of β-lactam (4-membered cyclic amide) rings is 1. The number of fused-ring (bicyclic) bond motifs is 1. The van der Waals surface area contributed by atoms with Crippen LogP contribution in [0.3, 0.4) is 0 Å². The Morgan fingerprint density at radius 3 is 2.48 bits per heavy atom. The Bertz CT molecular complexity index is 808. The van der Waals surface area contributed by atoms with Gasteiger partial charge in [0.1, 0.15) is 23.5 Å². The van der Waals surface area contributed by atoms with Crippen molar-refractivity contribution in [1.82, 2.24) is 15.5 Å². The van der Waals surface area contributed by atoms with E-state index in [0.717, 1.165) is 0 Å². The maximum atomic E-state index is 12.6. The van der Waals surface area contributed by atoms with Crippen LogP contribution >= 0.6 is 11.8 Å². The van der Waals surface area contributed by atoms with Gasteiger partial charge in [0, 0.05) is 25.0 Å². The molecule has 6 N–H and O–H groups in total. The zero-order valence-corrected chi connectivity index (χ0v) is 18.8. The predicted molar refractivity (Wildman–Crippen MR) is 114 cm³/mol. The second kappa shape index (κ2) is 11.8. The number of nitrogens with zero attached hydrogens (tertiary/aromatic N) is 1. The Kier molecular flexibility index (Phi) is 9.46. The van der Waals surface area contributed by atoms with Crippen molar-refractivity contribution in [1.29, 1.82) is 0 Å². The Morgan fingerprint density at radius 2 is 1.91 bits per heavy atom. The highest BCUT2D eigenvalue weighted by molar-refractivity contribution is 8.00. The third kappa shape index (κ3) is 6.81. The van der Waals surface area contributed by atoms with Crippen LogP contribution in [0.25, 0.3) is 0 Å². The van der Waals surface area contributed by atoms with Crippen molar-refractivity contribution in [2.75, 3.05) is 18.9 Å². The summed E-state index contributed by atoms with van der Waals surface area (Å²) in [6.07, 6.45) is 0.832. The number of hydrogen-bond acceptors (Lipinski definition) is 9. The zero-order chi connectivity index (χ0) is 24.7. The van der Waals surface area contributed by atoms with Gasteiger partial charge in [0.15, 0.2) is 0 Å². The van der Waals surface area contributed by atoms with Crippen molar-refractivity contribution < 1.29 is 43.7 Å². The Labute approximate surface area is 193 Å². The largest absolute Gasteiger partial charge is 0.480 e. The summed E-state index contributed by atoms with van der Waals surface area (Å²) >= 11 is 1.31. The van der Waals surface area contributed by atoms with E-state index in [0.29, 0.717) is 18.6 Å². The summed E-state index contributed by atoms with van der Waals surface area (Å²) in [6.45, 7) is 0.772. The minimum Gasteiger partial charge on any atom is -0.480 e. The normalized spacial score (nSPS) is 24.7. The number of carbonyl (C=O) groups is 6. The third-order valence-electron chi connectivity index (χ3n) is 5.34. The molecule has 2 aliphatic heterocycles. The second-order valence-corrected chi connectivity index (χ2v) is 8.92. The molecule has 3 unspecified atom stereocenters. The molecule has 0 aromatic heterocycles. The summed E-state index contributed by atoms with van der Waals surface area (Å²) in [5.41, 5.74) is 5.15. The molecule has 2 saturated heterocycles. The Balaban J connectivity index is 1.82. The van der Waals surface area contributed by atoms with Crippen LogP contribution in [0.4, 0.5) is 0 Å². The van der Waals surface area contributed by atoms with E-state index in [1.807, 2.05) is 0 Å². The number of thioether (sulfide) groups is 1. The molecule has 2 heterocycles. The van der Waals surface area contributed by atoms with E-state index < -0.39 is 65.0 Å². The monoisotopic (exact) mass is 488 g/mol. The summed E-state index contributed by atoms with van der Waals surface area (Å²) in [6, 6.07) is -3.10. The topological polar surface area (TPSA) is 205 Å². The van der Waals surface area contributed by atoms with Crippen molar-refractivity contribution in [2.24, 2.45) is 11.7 Å². The van der Waals surface area contributed by atoms with E-state index >= 15 is 0 Å². The number of aliphatic carboxylic acids is 2. The van der Waals surface area contributed by atoms with Crippen LogP contribution < -0.4 is 16.4 Å². The molecule has 0 spiro atoms. The molecule has 0 aliphatic carbocycles. The number of carbonyl (C=O) groups excluding carboxylic acids is 4. The van der Waals surface area contributed by atoms with E-state index in [4.69, 9.17) is 15.6 Å². The first-order chi connectivity index (χ1) is 15.6. The van der Waals surface area contributed by atoms with Crippen LogP contribution in [0.2, 0.25) is 0 Å². The van der Waals surface area contributed by atoms with Gasteiger partial charge >= 0.3 is 17.9 Å². The van der Waals surface area contributed by atoms with Gasteiger partial charge in [0.2, 0.25) is 17.7 Å². The summed E-state index contributed by atoms with van der Waals surface area (Å²) < 4.78 is 4.92. The molecular formula is C19H28N4O9S. The van der Waals surface area contributed by atoms with Crippen molar-refractivity contribution >= 4 is 47.4 Å². The first-order valence-corrected chi connectivity index (χ1v) is 11.4. The predicted octanol–water partition coefficient (Wildman–Crippen LogP) is -1.89. The number of hydrogen-bond donors (Lipinski definition) is 5. The average Bonchev–Trinajstić information content (AvgIpc) is 2.76. The minimum atomic E-state index is -1.20. The van der Waals surface area contributed by atoms with Crippen molar-refractivity contribution in [3.05, 3.63) is 0 Å². The van der Waals surface area contributed by atoms with Crippen molar-refractivity contribution in [2.45, 2.75) is 56.1 Å². The summed E-state index contributed by atoms with van der Waals surface area (Å²) in [4.78, 5) is 71.2. The number of carboxylic acids is 2. The van der Waals surface area contributed by atoms with Crippen LogP contribution in [0.1, 0.15) is 32.6 Å². The fraction of sp³-hybridized carbons (Fsp3) is 0.684. The molecule has 0 bridgehead atoms. The van der Waals surface area contributed by atoms with Gasteiger partial charge in [-0.25, -0.2) is 9.59 Å². The van der Waals surface area contributed by atoms with Gasteiger partial charge in [-0.3, -0.25) is 19.2 Å². The highest BCUT2D eigenvalue weighted by Crippen LogP contribution is 2.40. The average molecular weight is 489 g/mol. The first-order valence-electron chi connectivity index (χ1n) is 10.4. The molecule has 14 heteroatoms. The Hall–Kier alpha value is -2.87. The number of ether oxygens (including phenoxy) is 1. The third-order valence-corrected chi connectivity index (χ3v) is 6.80. The number of carboxylic acid groups (broad SMARTS) is 2. The van der Waals surface area contributed by atoms with Gasteiger partial charge in [0.25, 0.3) is 0 Å². The van der Waals surface area contributed by atoms with Gasteiger partial charge in [-0.2, -0.15) is 0 Å². The fourth-order valence-electron chi connectivity index (χ4n) is 3.71. The summed E-state index contributed by atoms with van der Waals surface area (Å²) in [5, 5.41) is 23.1. The molecule has 2 rings (SSSR count). The minimum absolute atomic E-state index is 0.0375. The smallest absolute Gasteiger partial charge is 0.326 e. The maximum absolute atomic E-state index is 12.6. The fourth-order valence-corrected chi connectivity index (χ4v) is 5.20. The number of unbranched alkanes of at least 4 members (excludes halogenated alkanes) is 1. The summed E-state index contributed by atoms with van der Waals surface area (Å²) in [7, 11) is 0. The van der Waals surface area contributed by atoms with Gasteiger partial charge in [-0.1, -0.05) is 6.42 Å². The molecule has 33 heavy (non-hydrogen) atoms. The van der Waals surface area contributed by atoms with Crippen LogP contribution in [-0.4, -0.2) is 93.1 Å². The van der Waals surface area contributed by atoms with E-state index in [2.05, 4.69) is 10.6 Å². The lowest BCUT2D eigenvalue weighted by Gasteiger charge is -2.54. The maximum Gasteiger partial charge on any atom is 0.326 e. The molecule has 13 nitrogen and oxygen atoms in total. The molecule has 3 amide bonds. The lowest BCUT2D eigenvalue weighted by Crippen LogP contribution is -2.76. The van der Waals surface area contributed by atoms with Gasteiger partial charge in [-0.15, -0.1) is 11.8 Å². The number of amides is 3. The molecule has 0 saturated carbocycles. The Morgan fingerprint density at radius 1 is 1.21 bits per heavy atom. The molecule has 0 radical (unpaired) electrons. The molecule has 0 aromatic rings. The highest BCUT2D eigenvalue weighted by atomic mass is 32.2. The summed E-state index contributed by atoms with van der Waals surface area (Å²) in [5.74, 6) is -4.68. The SMILES string of the molecule is CC(=O)OCC1CS[C@@H]2[C@H](NC(=O)CCCCC(NC(=O)CN)C(=O)O)C(=O)N2C1C(=O)O. The van der Waals surface area contributed by atoms with Crippen LogP contribution in [-0.2, 0) is 33.5 Å². The molecule has 184 valence electrons. The molecule has 5 atom stereocenters. The van der Waals surface area contributed by atoms with Crippen LogP contribution in [0.15, 0.2) is 0 Å². The number of nitrogens with one attached hydrogen (secondary N) is 2. The van der Waals surface area contributed by atoms with Crippen LogP contribution in [0, 0.1) is 5.92 Å². The van der Waals surface area contributed by atoms with Crippen molar-refractivity contribution in [3.63, 3.8) is 0 Å². The highest BCUT2D eigenvalue weighted by Gasteiger charge is 2.57. The first kappa shape index (κ1) is 26.4. The van der Waals surface area contributed by atoms with Crippen molar-refractivity contribution in [3.8, 4) is 0 Å². The lowest BCUT2D eigenvalue weighted by molar-refractivity contribution is -0.167. The molecule has 2 aliphatic rings. The molecular weight excluding hydrogens is 460 g/mol. The van der Waals surface area contributed by atoms with Gasteiger partial charge in [-0.05, 0) is 12.8 Å². The van der Waals surface area contributed by atoms with E-state index in [-0.39, 0.29) is 26.0 Å². The van der Waals surface area contributed by atoms with Gasteiger partial charge in [0.05, 0.1) is 13.2 Å². The standard InChI is InChI=1S/C19H28N4O9S/c1-9(24)32-7-10-8-33-17-14(16(27)23(17)15(10)19(30)31)22-12(25)5-3-2-4-11(18(28)29)21-13(26)6-20/h10-11,14-15,17H,2-8,20H2,1H3,(H,21,26)(H,22,25)(H,28,29)(H,30,31)/t10?,11?,14-,15?,17-/m1/s1. The molecule has 2 fully saturated rings. The quantitative estimate of drug-likeness (QED) is 0.117. The second-order valence-electron chi connectivity index (χ2n) is 7.77. The van der Waals surface area contributed by atoms with E-state index in [9.17, 15) is 33.9 Å². The number of esters is 1. The van der Waals surface area contributed by atoms with E-state index in [1.54, 1.807) is 0 Å². The van der Waals surface area contributed by atoms with E-state index in [1.165, 1.54) is 23.6 Å². The lowest BCUT2D eigenvalue weighted by atomic mass is 9.94. The molecule has 0 aromatic carbocycles. The number of rotatable bonds is 12. The van der Waals surface area contributed by atoms with Gasteiger partial charge < -0.3 is 36.2 Å².